The summed E-state index contributed by atoms with van der Waals surface area (Å²) in [5.74, 6) is 1.26. The molecule has 0 unspecified atom stereocenters. The van der Waals surface area contributed by atoms with Gasteiger partial charge >= 0.3 is 0 Å². The van der Waals surface area contributed by atoms with Gasteiger partial charge in [-0.25, -0.2) is 0 Å². The van der Waals surface area contributed by atoms with Gasteiger partial charge in [0.1, 0.15) is 0 Å². The summed E-state index contributed by atoms with van der Waals surface area (Å²) in [5, 5.41) is 0. The lowest BCUT2D eigenvalue weighted by atomic mass is 10.1. The Bertz CT molecular complexity index is 106. The van der Waals surface area contributed by atoms with Gasteiger partial charge in [-0.1, -0.05) is 0 Å². The molecule has 0 aliphatic carbocycles. The van der Waals surface area contributed by atoms with Gasteiger partial charge in [0.15, 0.2) is 0 Å². The zero-order chi connectivity index (χ0) is 8.10. The van der Waals surface area contributed by atoms with E-state index in [2.05, 4.69) is 11.2 Å². The molecule has 0 aromatic carbocycles. The highest BCUT2D eigenvalue weighted by Crippen LogP contribution is 2.08. The Hall–Kier alpha value is 0.850. The number of thioether (sulfide) groups is 1. The second-order valence-corrected chi connectivity index (χ2v) is 4.16. The Kier molecular flexibility index (Phi) is 11.8. The van der Waals surface area contributed by atoms with E-state index in [0.29, 0.717) is 6.04 Å². The number of hydrogen-bond acceptors (Lipinski definition) is 3. The lowest BCUT2D eigenvalue weighted by molar-refractivity contribution is 0.225. The molecule has 0 saturated carbocycles. The van der Waals surface area contributed by atoms with E-state index in [1.807, 2.05) is 11.8 Å². The summed E-state index contributed by atoms with van der Waals surface area (Å²) in [4.78, 5) is 2.51. The van der Waals surface area contributed by atoms with Crippen molar-refractivity contribution in [2.75, 3.05) is 31.6 Å². The lowest BCUT2D eigenvalue weighted by Crippen LogP contribution is -2.40. The van der Waals surface area contributed by atoms with Crippen LogP contribution in [0.15, 0.2) is 0 Å². The zero-order valence-corrected chi connectivity index (χ0v) is 10.5. The van der Waals surface area contributed by atoms with E-state index in [1.165, 1.54) is 38.2 Å². The van der Waals surface area contributed by atoms with Gasteiger partial charge in [0.05, 0.1) is 0 Å². The van der Waals surface area contributed by atoms with Crippen LogP contribution in [0.3, 0.4) is 0 Å². The van der Waals surface area contributed by atoms with Gasteiger partial charge in [0, 0.05) is 18.3 Å². The highest BCUT2D eigenvalue weighted by Gasteiger charge is 2.14. The second-order valence-electron chi connectivity index (χ2n) is 3.17. The Balaban J connectivity index is 0. The maximum Gasteiger partial charge on any atom is 0.00723 e. The van der Waals surface area contributed by atoms with Crippen molar-refractivity contribution < 1.29 is 0 Å². The van der Waals surface area contributed by atoms with Crippen LogP contribution in [-0.4, -0.2) is 42.6 Å². The maximum atomic E-state index is 5.79. The summed E-state index contributed by atoms with van der Waals surface area (Å²) in [5.41, 5.74) is 5.79. The SMILES string of the molecule is CSCCN1CCC(N)CC1.Cl.Cl. The monoisotopic (exact) mass is 246 g/mol. The minimum atomic E-state index is 0. The molecule has 0 atom stereocenters. The standard InChI is InChI=1S/C8H18N2S.2ClH/c1-11-7-6-10-4-2-8(9)3-5-10;;/h8H,2-7,9H2,1H3;2*1H. The lowest BCUT2D eigenvalue weighted by Gasteiger charge is -2.29. The summed E-state index contributed by atoms with van der Waals surface area (Å²) >= 11 is 1.92. The van der Waals surface area contributed by atoms with E-state index in [-0.39, 0.29) is 24.8 Å². The minimum absolute atomic E-state index is 0. The Morgan fingerprint density at radius 3 is 2.31 bits per heavy atom. The third-order valence-corrected chi connectivity index (χ3v) is 2.83. The molecule has 0 aromatic heterocycles. The van der Waals surface area contributed by atoms with E-state index in [4.69, 9.17) is 5.73 Å². The first-order chi connectivity index (χ1) is 5.33. The normalized spacial score (nSPS) is 18.9. The van der Waals surface area contributed by atoms with Gasteiger partial charge in [0.2, 0.25) is 0 Å². The van der Waals surface area contributed by atoms with Crippen LogP contribution in [0.2, 0.25) is 0 Å². The Labute approximate surface area is 97.8 Å². The molecular formula is C8H20Cl2N2S. The zero-order valence-electron chi connectivity index (χ0n) is 8.07. The summed E-state index contributed by atoms with van der Waals surface area (Å²) in [6.07, 6.45) is 4.54. The third kappa shape index (κ3) is 6.86. The largest absolute Gasteiger partial charge is 0.328 e. The van der Waals surface area contributed by atoms with Crippen molar-refractivity contribution in [2.45, 2.75) is 18.9 Å². The molecule has 5 heteroatoms. The topological polar surface area (TPSA) is 29.3 Å². The first kappa shape index (κ1) is 16.3. The van der Waals surface area contributed by atoms with Crippen molar-refractivity contribution in [1.29, 1.82) is 0 Å². The van der Waals surface area contributed by atoms with E-state index >= 15 is 0 Å². The van der Waals surface area contributed by atoms with Gasteiger partial charge < -0.3 is 10.6 Å². The fraction of sp³-hybridized carbons (Fsp3) is 1.00. The van der Waals surface area contributed by atoms with Gasteiger partial charge in [-0.2, -0.15) is 11.8 Å². The number of nitrogens with zero attached hydrogens (tertiary/aromatic N) is 1. The molecule has 1 fully saturated rings. The van der Waals surface area contributed by atoms with Gasteiger partial charge in [-0.05, 0) is 32.2 Å². The second kappa shape index (κ2) is 9.41. The fourth-order valence-electron chi connectivity index (χ4n) is 1.40. The van der Waals surface area contributed by atoms with E-state index in [9.17, 15) is 0 Å². The van der Waals surface area contributed by atoms with Crippen LogP contribution in [0.25, 0.3) is 0 Å². The molecule has 1 aliphatic heterocycles. The van der Waals surface area contributed by atoms with Crippen LogP contribution < -0.4 is 5.73 Å². The molecule has 1 aliphatic rings. The molecule has 2 nitrogen and oxygen atoms in total. The predicted octanol–water partition coefficient (Wildman–Crippen LogP) is 1.62. The number of rotatable bonds is 3. The molecule has 0 aromatic rings. The molecule has 1 saturated heterocycles. The third-order valence-electron chi connectivity index (χ3n) is 2.24. The smallest absolute Gasteiger partial charge is 0.00723 e. The molecule has 82 valence electrons. The van der Waals surface area contributed by atoms with Crippen molar-refractivity contribution >= 4 is 36.6 Å². The summed E-state index contributed by atoms with van der Waals surface area (Å²) in [6.45, 7) is 3.66. The molecule has 2 N–H and O–H groups in total. The first-order valence-electron chi connectivity index (χ1n) is 4.30. The van der Waals surface area contributed by atoms with E-state index < -0.39 is 0 Å². The van der Waals surface area contributed by atoms with Gasteiger partial charge in [0.25, 0.3) is 0 Å². The Morgan fingerprint density at radius 2 is 1.85 bits per heavy atom. The highest BCUT2D eigenvalue weighted by atomic mass is 35.5. The van der Waals surface area contributed by atoms with Crippen LogP contribution in [0.5, 0.6) is 0 Å². The molecular weight excluding hydrogens is 227 g/mol. The summed E-state index contributed by atoms with van der Waals surface area (Å²) < 4.78 is 0. The summed E-state index contributed by atoms with van der Waals surface area (Å²) in [6, 6.07) is 0.473. The van der Waals surface area contributed by atoms with Crippen molar-refractivity contribution in [3.05, 3.63) is 0 Å². The van der Waals surface area contributed by atoms with Crippen LogP contribution in [0.4, 0.5) is 0 Å². The summed E-state index contributed by atoms with van der Waals surface area (Å²) in [7, 11) is 0. The maximum absolute atomic E-state index is 5.79. The van der Waals surface area contributed by atoms with Crippen molar-refractivity contribution in [3.63, 3.8) is 0 Å². The average molecular weight is 247 g/mol. The van der Waals surface area contributed by atoms with E-state index in [1.54, 1.807) is 0 Å². The molecule has 13 heavy (non-hydrogen) atoms. The molecule has 0 radical (unpaired) electrons. The van der Waals surface area contributed by atoms with E-state index in [0.717, 1.165) is 0 Å². The van der Waals surface area contributed by atoms with Crippen LogP contribution in [0, 0.1) is 0 Å². The quantitative estimate of drug-likeness (QED) is 0.821. The predicted molar refractivity (Wildman–Crippen MR) is 66.5 cm³/mol. The van der Waals surface area contributed by atoms with Crippen LogP contribution in [0.1, 0.15) is 12.8 Å². The number of halogens is 2. The van der Waals surface area contributed by atoms with Gasteiger partial charge in [-0.3, -0.25) is 0 Å². The molecule has 0 bridgehead atoms. The van der Waals surface area contributed by atoms with Crippen LogP contribution in [-0.2, 0) is 0 Å². The fourth-order valence-corrected chi connectivity index (χ4v) is 1.84. The Morgan fingerprint density at radius 1 is 1.31 bits per heavy atom. The number of piperidine rings is 1. The highest BCUT2D eigenvalue weighted by molar-refractivity contribution is 7.98. The first-order valence-corrected chi connectivity index (χ1v) is 5.69. The van der Waals surface area contributed by atoms with Crippen LogP contribution >= 0.6 is 36.6 Å². The molecule has 1 rings (SSSR count). The number of likely N-dealkylation sites (tertiary alicyclic amines) is 1. The van der Waals surface area contributed by atoms with Crippen molar-refractivity contribution in [1.82, 2.24) is 4.90 Å². The average Bonchev–Trinajstić information content (AvgIpc) is 2.04. The minimum Gasteiger partial charge on any atom is -0.328 e. The molecule has 1 heterocycles. The van der Waals surface area contributed by atoms with Crippen molar-refractivity contribution in [2.24, 2.45) is 5.73 Å². The number of hydrogen-bond donors (Lipinski definition) is 1. The number of nitrogens with two attached hydrogens (primary N) is 1. The molecule has 0 amide bonds. The van der Waals surface area contributed by atoms with Crippen molar-refractivity contribution in [3.8, 4) is 0 Å². The molecule has 0 spiro atoms. The van der Waals surface area contributed by atoms with Gasteiger partial charge in [-0.15, -0.1) is 24.8 Å².